The van der Waals surface area contributed by atoms with Gasteiger partial charge in [0.2, 0.25) is 0 Å². The molecule has 0 aromatic carbocycles. The average Bonchev–Trinajstić information content (AvgIpc) is 2.14. The van der Waals surface area contributed by atoms with Gasteiger partial charge >= 0.3 is 0 Å². The largest absolute Gasteiger partial charge is 0.390 e. The van der Waals surface area contributed by atoms with Crippen LogP contribution < -0.4 is 5.73 Å². The van der Waals surface area contributed by atoms with Crippen molar-refractivity contribution in [3.8, 4) is 0 Å². The third-order valence-corrected chi connectivity index (χ3v) is 1.41. The van der Waals surface area contributed by atoms with Gasteiger partial charge in [0.15, 0.2) is 0 Å². The van der Waals surface area contributed by atoms with Crippen molar-refractivity contribution in [3.63, 3.8) is 0 Å². The van der Waals surface area contributed by atoms with Gasteiger partial charge in [-0.25, -0.2) is 0 Å². The zero-order valence-electron chi connectivity index (χ0n) is 4.71. The van der Waals surface area contributed by atoms with Crippen molar-refractivity contribution < 1.29 is 9.84 Å². The molecule has 0 radical (unpaired) electrons. The third kappa shape index (κ3) is 0.992. The van der Waals surface area contributed by atoms with Gasteiger partial charge in [-0.05, 0) is 6.42 Å². The Morgan fingerprint density at radius 1 is 1.75 bits per heavy atom. The van der Waals surface area contributed by atoms with E-state index in [9.17, 15) is 0 Å². The standard InChI is InChI=1S/C5H11NO2/c6-3-5-4(7)1-2-8-5/h4-5,7H,1-3,6H2. The molecule has 1 heterocycles. The van der Waals surface area contributed by atoms with Crippen LogP contribution in [0.3, 0.4) is 0 Å². The molecule has 0 saturated carbocycles. The molecule has 1 aliphatic heterocycles. The summed E-state index contributed by atoms with van der Waals surface area (Å²) in [6.07, 6.45) is 0.317. The fourth-order valence-electron chi connectivity index (χ4n) is 0.862. The molecule has 3 nitrogen and oxygen atoms in total. The van der Waals surface area contributed by atoms with Crippen LogP contribution in [0.2, 0.25) is 0 Å². The molecule has 0 aliphatic carbocycles. The van der Waals surface area contributed by atoms with Gasteiger partial charge in [0.05, 0.1) is 12.2 Å². The van der Waals surface area contributed by atoms with Crippen molar-refractivity contribution in [1.82, 2.24) is 0 Å². The molecule has 3 N–H and O–H groups in total. The first-order chi connectivity index (χ1) is 3.84. The number of aliphatic hydroxyl groups is 1. The molecule has 3 heteroatoms. The lowest BCUT2D eigenvalue weighted by atomic mass is 10.2. The van der Waals surface area contributed by atoms with E-state index in [1.54, 1.807) is 0 Å². The van der Waals surface area contributed by atoms with Crippen LogP contribution >= 0.6 is 0 Å². The minimum Gasteiger partial charge on any atom is -0.390 e. The lowest BCUT2D eigenvalue weighted by molar-refractivity contribution is 0.0487. The Kier molecular flexibility index (Phi) is 1.83. The Bertz CT molecular complexity index is 76.8. The number of nitrogens with two attached hydrogens (primary N) is 1. The van der Waals surface area contributed by atoms with E-state index in [1.807, 2.05) is 0 Å². The van der Waals surface area contributed by atoms with Crippen LogP contribution in [-0.4, -0.2) is 30.5 Å². The van der Waals surface area contributed by atoms with E-state index in [0.717, 1.165) is 6.42 Å². The van der Waals surface area contributed by atoms with E-state index in [-0.39, 0.29) is 12.2 Å². The first kappa shape index (κ1) is 6.01. The summed E-state index contributed by atoms with van der Waals surface area (Å²) in [4.78, 5) is 0. The van der Waals surface area contributed by atoms with E-state index < -0.39 is 0 Å². The van der Waals surface area contributed by atoms with Gasteiger partial charge in [0.25, 0.3) is 0 Å². The van der Waals surface area contributed by atoms with Crippen molar-refractivity contribution >= 4 is 0 Å². The fourth-order valence-corrected chi connectivity index (χ4v) is 0.862. The molecule has 1 aliphatic rings. The predicted octanol–water partition coefficient (Wildman–Crippen LogP) is -0.905. The molecular weight excluding hydrogens is 106 g/mol. The molecule has 0 aromatic heterocycles. The number of hydrogen-bond donors (Lipinski definition) is 2. The molecule has 1 saturated heterocycles. The van der Waals surface area contributed by atoms with Crippen molar-refractivity contribution in [2.45, 2.75) is 18.6 Å². The van der Waals surface area contributed by atoms with Crippen LogP contribution in [-0.2, 0) is 4.74 Å². The third-order valence-electron chi connectivity index (χ3n) is 1.41. The Hall–Kier alpha value is -0.120. The molecular formula is C5H11NO2. The summed E-state index contributed by atoms with van der Waals surface area (Å²) in [7, 11) is 0. The highest BCUT2D eigenvalue weighted by atomic mass is 16.5. The van der Waals surface area contributed by atoms with Gasteiger partial charge in [-0.3, -0.25) is 0 Å². The Labute approximate surface area is 48.4 Å². The molecule has 2 unspecified atom stereocenters. The smallest absolute Gasteiger partial charge is 0.0956 e. The Morgan fingerprint density at radius 2 is 2.50 bits per heavy atom. The molecule has 8 heavy (non-hydrogen) atoms. The number of ether oxygens (including phenoxy) is 1. The number of aliphatic hydroxyl groups excluding tert-OH is 1. The van der Waals surface area contributed by atoms with Crippen molar-refractivity contribution in [1.29, 1.82) is 0 Å². The monoisotopic (exact) mass is 117 g/mol. The molecule has 48 valence electrons. The SMILES string of the molecule is NCC1OCCC1O. The molecule has 1 rings (SSSR count). The van der Waals surface area contributed by atoms with Crippen LogP contribution in [0.15, 0.2) is 0 Å². The highest BCUT2D eigenvalue weighted by molar-refractivity contribution is 4.74. The molecule has 0 aromatic rings. The maximum atomic E-state index is 8.98. The number of rotatable bonds is 1. The van der Waals surface area contributed by atoms with Crippen molar-refractivity contribution in [2.75, 3.05) is 13.2 Å². The van der Waals surface area contributed by atoms with E-state index in [2.05, 4.69) is 0 Å². The zero-order valence-corrected chi connectivity index (χ0v) is 4.71. The quantitative estimate of drug-likeness (QED) is 0.467. The molecule has 0 bridgehead atoms. The molecule has 2 atom stereocenters. The summed E-state index contributed by atoms with van der Waals surface area (Å²) in [5.74, 6) is 0. The summed E-state index contributed by atoms with van der Waals surface area (Å²) in [5.41, 5.74) is 5.24. The van der Waals surface area contributed by atoms with Gasteiger partial charge in [-0.15, -0.1) is 0 Å². The maximum Gasteiger partial charge on any atom is 0.0956 e. The summed E-state index contributed by atoms with van der Waals surface area (Å²) >= 11 is 0. The summed E-state index contributed by atoms with van der Waals surface area (Å²) in [5, 5.41) is 8.98. The lowest BCUT2D eigenvalue weighted by Crippen LogP contribution is -2.29. The first-order valence-corrected chi connectivity index (χ1v) is 2.84. The Balaban J connectivity index is 2.30. The van der Waals surface area contributed by atoms with Gasteiger partial charge in [0.1, 0.15) is 0 Å². The van der Waals surface area contributed by atoms with Crippen LogP contribution in [0, 0.1) is 0 Å². The molecule has 0 spiro atoms. The lowest BCUT2D eigenvalue weighted by Gasteiger charge is -2.08. The minimum absolute atomic E-state index is 0.102. The van der Waals surface area contributed by atoms with Crippen LogP contribution in [0.4, 0.5) is 0 Å². The van der Waals surface area contributed by atoms with Crippen molar-refractivity contribution in [2.24, 2.45) is 5.73 Å². The van der Waals surface area contributed by atoms with Gasteiger partial charge in [-0.1, -0.05) is 0 Å². The van der Waals surface area contributed by atoms with Crippen LogP contribution in [0.1, 0.15) is 6.42 Å². The average molecular weight is 117 g/mol. The number of hydrogen-bond acceptors (Lipinski definition) is 3. The summed E-state index contributed by atoms with van der Waals surface area (Å²) < 4.78 is 5.04. The normalized spacial score (nSPS) is 38.2. The van der Waals surface area contributed by atoms with Crippen LogP contribution in [0.25, 0.3) is 0 Å². The second-order valence-electron chi connectivity index (χ2n) is 2.00. The van der Waals surface area contributed by atoms with Crippen molar-refractivity contribution in [3.05, 3.63) is 0 Å². The molecule has 0 amide bonds. The van der Waals surface area contributed by atoms with Gasteiger partial charge in [0, 0.05) is 13.2 Å². The predicted molar refractivity (Wildman–Crippen MR) is 29.4 cm³/mol. The first-order valence-electron chi connectivity index (χ1n) is 2.84. The van der Waals surface area contributed by atoms with Gasteiger partial charge < -0.3 is 15.6 Å². The maximum absolute atomic E-state index is 8.98. The van der Waals surface area contributed by atoms with E-state index >= 15 is 0 Å². The second-order valence-corrected chi connectivity index (χ2v) is 2.00. The molecule has 1 fully saturated rings. The zero-order chi connectivity index (χ0) is 5.98. The van der Waals surface area contributed by atoms with Crippen LogP contribution in [0.5, 0.6) is 0 Å². The fraction of sp³-hybridized carbons (Fsp3) is 1.00. The van der Waals surface area contributed by atoms with Gasteiger partial charge in [-0.2, -0.15) is 0 Å². The summed E-state index contributed by atoms with van der Waals surface area (Å²) in [6.45, 7) is 1.09. The highest BCUT2D eigenvalue weighted by Gasteiger charge is 2.23. The van der Waals surface area contributed by atoms with E-state index in [4.69, 9.17) is 15.6 Å². The topological polar surface area (TPSA) is 55.5 Å². The summed E-state index contributed by atoms with van der Waals surface area (Å²) in [6, 6.07) is 0. The highest BCUT2D eigenvalue weighted by Crippen LogP contribution is 2.10. The van der Waals surface area contributed by atoms with E-state index in [1.165, 1.54) is 0 Å². The minimum atomic E-state index is -0.319. The Morgan fingerprint density at radius 3 is 2.75 bits per heavy atom. The van der Waals surface area contributed by atoms with E-state index in [0.29, 0.717) is 13.2 Å². The second kappa shape index (κ2) is 2.44.